The summed E-state index contributed by atoms with van der Waals surface area (Å²) in [6.07, 6.45) is 0.0472. The number of β-amino-alcohol motifs (C(OH)–C–C–N with tert-alkyl or cyclic N) is 1. The standard InChI is InChI=1S/C18H23F2N7O/c19-18(20)14-9-23-16(10-22-14)24-15-7-12(26-5-2-21-3-6-26)8-17(25-15)27-4-1-13(28)11-27/h7-10,13,18,21,28H,1-6,11H2,(H,23,24,25). The second kappa shape index (κ2) is 8.19. The summed E-state index contributed by atoms with van der Waals surface area (Å²) in [5.41, 5.74) is 0.660. The molecule has 2 saturated heterocycles. The lowest BCUT2D eigenvalue weighted by Crippen LogP contribution is -2.43. The van der Waals surface area contributed by atoms with Crippen molar-refractivity contribution < 1.29 is 13.9 Å². The quantitative estimate of drug-likeness (QED) is 0.707. The van der Waals surface area contributed by atoms with Gasteiger partial charge in [0.05, 0.1) is 18.5 Å². The first-order valence-electron chi connectivity index (χ1n) is 9.36. The molecule has 2 aromatic rings. The number of halogens is 2. The second-order valence-electron chi connectivity index (χ2n) is 6.95. The highest BCUT2D eigenvalue weighted by atomic mass is 19.3. The number of aliphatic hydroxyl groups is 1. The van der Waals surface area contributed by atoms with Gasteiger partial charge in [-0.1, -0.05) is 0 Å². The fourth-order valence-electron chi connectivity index (χ4n) is 3.43. The molecule has 2 aliphatic heterocycles. The molecule has 0 aliphatic carbocycles. The van der Waals surface area contributed by atoms with Crippen LogP contribution in [-0.2, 0) is 0 Å². The third-order valence-electron chi connectivity index (χ3n) is 4.92. The van der Waals surface area contributed by atoms with Gasteiger partial charge in [-0.2, -0.15) is 0 Å². The van der Waals surface area contributed by atoms with E-state index in [1.165, 1.54) is 6.20 Å². The molecule has 0 spiro atoms. The van der Waals surface area contributed by atoms with Crippen molar-refractivity contribution in [3.8, 4) is 0 Å². The lowest BCUT2D eigenvalue weighted by Gasteiger charge is -2.30. The van der Waals surface area contributed by atoms with Crippen LogP contribution in [0.25, 0.3) is 0 Å². The van der Waals surface area contributed by atoms with Gasteiger partial charge in [0.15, 0.2) is 0 Å². The van der Waals surface area contributed by atoms with Gasteiger partial charge in [0.2, 0.25) is 0 Å². The third-order valence-corrected chi connectivity index (χ3v) is 4.92. The maximum absolute atomic E-state index is 12.7. The lowest BCUT2D eigenvalue weighted by molar-refractivity contribution is 0.145. The first-order chi connectivity index (χ1) is 13.6. The Morgan fingerprint density at radius 1 is 1.07 bits per heavy atom. The Morgan fingerprint density at radius 3 is 2.54 bits per heavy atom. The summed E-state index contributed by atoms with van der Waals surface area (Å²) in [6, 6.07) is 3.95. The summed E-state index contributed by atoms with van der Waals surface area (Å²) in [7, 11) is 0. The second-order valence-corrected chi connectivity index (χ2v) is 6.95. The predicted octanol–water partition coefficient (Wildman–Crippen LogP) is 1.53. The molecule has 1 unspecified atom stereocenters. The summed E-state index contributed by atoms with van der Waals surface area (Å²) in [5, 5.41) is 16.3. The van der Waals surface area contributed by atoms with Crippen LogP contribution < -0.4 is 20.4 Å². The van der Waals surface area contributed by atoms with Crippen molar-refractivity contribution in [2.24, 2.45) is 0 Å². The highest BCUT2D eigenvalue weighted by Gasteiger charge is 2.23. The Kier molecular flexibility index (Phi) is 5.49. The van der Waals surface area contributed by atoms with E-state index in [4.69, 9.17) is 0 Å². The molecule has 4 heterocycles. The van der Waals surface area contributed by atoms with E-state index in [-0.39, 0.29) is 11.8 Å². The molecule has 150 valence electrons. The zero-order valence-corrected chi connectivity index (χ0v) is 15.4. The van der Waals surface area contributed by atoms with Gasteiger partial charge in [-0.15, -0.1) is 0 Å². The molecule has 0 radical (unpaired) electrons. The van der Waals surface area contributed by atoms with Crippen LogP contribution in [0.1, 0.15) is 18.5 Å². The molecule has 0 bridgehead atoms. The predicted molar refractivity (Wildman–Crippen MR) is 102 cm³/mol. The van der Waals surface area contributed by atoms with Crippen LogP contribution in [0.2, 0.25) is 0 Å². The molecule has 1 atom stereocenters. The van der Waals surface area contributed by atoms with Crippen molar-refractivity contribution in [2.45, 2.75) is 19.0 Å². The van der Waals surface area contributed by atoms with E-state index in [0.29, 0.717) is 24.6 Å². The van der Waals surface area contributed by atoms with Crippen molar-refractivity contribution in [2.75, 3.05) is 54.4 Å². The number of aromatic nitrogens is 3. The van der Waals surface area contributed by atoms with Crippen molar-refractivity contribution in [3.05, 3.63) is 30.2 Å². The van der Waals surface area contributed by atoms with E-state index >= 15 is 0 Å². The Morgan fingerprint density at radius 2 is 1.89 bits per heavy atom. The molecule has 2 aliphatic rings. The molecular formula is C18H23F2N7O. The largest absolute Gasteiger partial charge is 0.391 e. The molecule has 8 nitrogen and oxygen atoms in total. The normalized spacial score (nSPS) is 20.1. The SMILES string of the molecule is OC1CCN(c2cc(N3CCNCC3)cc(Nc3cnc(C(F)F)cn3)n2)C1. The van der Waals surface area contributed by atoms with Crippen molar-refractivity contribution in [1.29, 1.82) is 0 Å². The van der Waals surface area contributed by atoms with E-state index in [1.54, 1.807) is 0 Å². The maximum Gasteiger partial charge on any atom is 0.281 e. The van der Waals surface area contributed by atoms with E-state index in [9.17, 15) is 13.9 Å². The number of pyridine rings is 1. The van der Waals surface area contributed by atoms with Gasteiger partial charge in [0, 0.05) is 57.1 Å². The number of nitrogens with one attached hydrogen (secondary N) is 2. The van der Waals surface area contributed by atoms with E-state index in [2.05, 4.69) is 30.5 Å². The van der Waals surface area contributed by atoms with Gasteiger partial charge in [-0.3, -0.25) is 0 Å². The molecule has 4 rings (SSSR count). The van der Waals surface area contributed by atoms with Gasteiger partial charge in [0.25, 0.3) is 6.43 Å². The minimum Gasteiger partial charge on any atom is -0.391 e. The molecule has 2 fully saturated rings. The summed E-state index contributed by atoms with van der Waals surface area (Å²) in [4.78, 5) is 16.7. The van der Waals surface area contributed by atoms with Crippen molar-refractivity contribution in [3.63, 3.8) is 0 Å². The molecular weight excluding hydrogens is 368 g/mol. The fourth-order valence-corrected chi connectivity index (χ4v) is 3.43. The van der Waals surface area contributed by atoms with Crippen LogP contribution >= 0.6 is 0 Å². The molecule has 10 heteroatoms. The number of piperazine rings is 1. The highest BCUT2D eigenvalue weighted by Crippen LogP contribution is 2.28. The Labute approximate surface area is 161 Å². The van der Waals surface area contributed by atoms with Gasteiger partial charge in [-0.25, -0.2) is 23.7 Å². The summed E-state index contributed by atoms with van der Waals surface area (Å²) in [5.74, 6) is 1.68. The fraction of sp³-hybridized carbons (Fsp3) is 0.500. The number of nitrogens with zero attached hydrogens (tertiary/aromatic N) is 5. The lowest BCUT2D eigenvalue weighted by atomic mass is 10.2. The van der Waals surface area contributed by atoms with Crippen LogP contribution in [-0.4, -0.2) is 65.4 Å². The van der Waals surface area contributed by atoms with Gasteiger partial charge < -0.3 is 25.5 Å². The van der Waals surface area contributed by atoms with E-state index in [0.717, 1.165) is 50.4 Å². The third kappa shape index (κ3) is 4.28. The summed E-state index contributed by atoms with van der Waals surface area (Å²) >= 11 is 0. The molecule has 0 aromatic carbocycles. The molecule has 0 amide bonds. The zero-order chi connectivity index (χ0) is 19.5. The topological polar surface area (TPSA) is 89.4 Å². The van der Waals surface area contributed by atoms with Gasteiger partial charge >= 0.3 is 0 Å². The maximum atomic E-state index is 12.7. The van der Waals surface area contributed by atoms with Crippen LogP contribution in [0.4, 0.5) is 31.9 Å². The number of hydrogen-bond acceptors (Lipinski definition) is 8. The Balaban J connectivity index is 1.61. The van der Waals surface area contributed by atoms with Gasteiger partial charge in [-0.05, 0) is 6.42 Å². The molecule has 2 aromatic heterocycles. The Bertz CT molecular complexity index is 776. The number of rotatable bonds is 5. The zero-order valence-electron chi connectivity index (χ0n) is 15.4. The van der Waals surface area contributed by atoms with Crippen molar-refractivity contribution in [1.82, 2.24) is 20.3 Å². The smallest absolute Gasteiger partial charge is 0.281 e. The molecule has 28 heavy (non-hydrogen) atoms. The average Bonchev–Trinajstić information content (AvgIpc) is 3.15. The van der Waals surface area contributed by atoms with Crippen molar-refractivity contribution >= 4 is 23.1 Å². The summed E-state index contributed by atoms with van der Waals surface area (Å²) < 4.78 is 25.3. The number of anilines is 4. The minimum atomic E-state index is -2.65. The first kappa shape index (κ1) is 18.8. The minimum absolute atomic E-state index is 0.349. The summed E-state index contributed by atoms with van der Waals surface area (Å²) in [6.45, 7) is 4.86. The number of aliphatic hydroxyl groups excluding tert-OH is 1. The van der Waals surface area contributed by atoms with Crippen LogP contribution in [0, 0.1) is 0 Å². The number of hydrogen-bond donors (Lipinski definition) is 3. The van der Waals surface area contributed by atoms with Crippen LogP contribution in [0.5, 0.6) is 0 Å². The van der Waals surface area contributed by atoms with Crippen LogP contribution in [0.15, 0.2) is 24.5 Å². The van der Waals surface area contributed by atoms with Crippen LogP contribution in [0.3, 0.4) is 0 Å². The van der Waals surface area contributed by atoms with E-state index in [1.807, 2.05) is 17.0 Å². The first-order valence-corrected chi connectivity index (χ1v) is 9.36. The van der Waals surface area contributed by atoms with Gasteiger partial charge in [0.1, 0.15) is 23.1 Å². The highest BCUT2D eigenvalue weighted by molar-refractivity contribution is 5.65. The Hall–Kier alpha value is -2.59. The molecule has 0 saturated carbocycles. The number of alkyl halides is 2. The average molecular weight is 391 g/mol. The molecule has 3 N–H and O–H groups in total. The monoisotopic (exact) mass is 391 g/mol. The van der Waals surface area contributed by atoms with E-state index < -0.39 is 6.43 Å².